The predicted molar refractivity (Wildman–Crippen MR) is 61.3 cm³/mol. The van der Waals surface area contributed by atoms with Gasteiger partial charge in [0.05, 0.1) is 6.54 Å². The highest BCUT2D eigenvalue weighted by Gasteiger charge is 1.87. The van der Waals surface area contributed by atoms with Crippen molar-refractivity contribution in [2.45, 2.75) is 33.1 Å². The van der Waals surface area contributed by atoms with Gasteiger partial charge in [0.25, 0.3) is 0 Å². The molecule has 14 heavy (non-hydrogen) atoms. The zero-order valence-corrected chi connectivity index (χ0v) is 9.37. The van der Waals surface area contributed by atoms with E-state index in [1.807, 2.05) is 13.8 Å². The van der Waals surface area contributed by atoms with Crippen LogP contribution in [0.1, 0.15) is 33.1 Å². The molecule has 0 saturated heterocycles. The van der Waals surface area contributed by atoms with Gasteiger partial charge in [0.15, 0.2) is 0 Å². The van der Waals surface area contributed by atoms with Gasteiger partial charge < -0.3 is 11.2 Å². The van der Waals surface area contributed by atoms with Gasteiger partial charge in [-0.3, -0.25) is 0 Å². The minimum atomic E-state index is 0. The summed E-state index contributed by atoms with van der Waals surface area (Å²) in [7, 11) is 0. The van der Waals surface area contributed by atoms with Gasteiger partial charge in [-0.05, 0) is 38.7 Å². The summed E-state index contributed by atoms with van der Waals surface area (Å²) in [5.74, 6) is 0. The molecule has 4 N–H and O–H groups in total. The Labute approximate surface area is 87.5 Å². The molecule has 0 aromatic heterocycles. The van der Waals surface area contributed by atoms with Crippen LogP contribution in [-0.4, -0.2) is 12.0 Å². The molecule has 0 amide bonds. The first-order chi connectivity index (χ1) is 6.35. The van der Waals surface area contributed by atoms with Crippen molar-refractivity contribution in [1.29, 1.82) is 0 Å². The molecular formula is C12H23NO. The predicted octanol–water partition coefficient (Wildman–Crippen LogP) is 2.30. The van der Waals surface area contributed by atoms with Crippen LogP contribution < -0.4 is 5.73 Å². The second-order valence-electron chi connectivity index (χ2n) is 3.05. The van der Waals surface area contributed by atoms with E-state index in [-0.39, 0.29) is 5.48 Å². The smallest absolute Gasteiger partial charge is 0.0739 e. The maximum atomic E-state index is 3.83. The van der Waals surface area contributed by atoms with E-state index >= 15 is 0 Å². The van der Waals surface area contributed by atoms with Gasteiger partial charge in [-0.25, -0.2) is 0 Å². The first kappa shape index (κ1) is 15.6. The number of hydrogen-bond donors (Lipinski definition) is 1. The van der Waals surface area contributed by atoms with Gasteiger partial charge in [0.2, 0.25) is 0 Å². The molecular weight excluding hydrogens is 174 g/mol. The molecule has 0 atom stereocenters. The maximum Gasteiger partial charge on any atom is 0.0739 e. The molecule has 0 aliphatic rings. The summed E-state index contributed by atoms with van der Waals surface area (Å²) in [6, 6.07) is 0. The van der Waals surface area contributed by atoms with E-state index < -0.39 is 0 Å². The lowest BCUT2D eigenvalue weighted by atomic mass is 10.1. The molecule has 0 rings (SSSR count). The van der Waals surface area contributed by atoms with Crippen LogP contribution in [0.25, 0.3) is 0 Å². The molecule has 0 saturated carbocycles. The summed E-state index contributed by atoms with van der Waals surface area (Å²) < 4.78 is 0. The minimum absolute atomic E-state index is 0. The summed E-state index contributed by atoms with van der Waals surface area (Å²) in [6.07, 6.45) is 14.4. The number of allylic oxidation sites excluding steroid dienone is 6. The van der Waals surface area contributed by atoms with Crippen LogP contribution in [0.3, 0.4) is 0 Å². The van der Waals surface area contributed by atoms with Crippen molar-refractivity contribution >= 4 is 0 Å². The molecule has 0 spiro atoms. The normalized spacial score (nSPS) is 10.5. The quantitative estimate of drug-likeness (QED) is 0.515. The molecule has 0 fully saturated rings. The molecule has 0 aromatic rings. The van der Waals surface area contributed by atoms with E-state index in [0.29, 0.717) is 0 Å². The van der Waals surface area contributed by atoms with Gasteiger partial charge in [-0.2, -0.15) is 0 Å². The number of hydrogen-bond acceptors (Lipinski definition) is 1. The highest BCUT2D eigenvalue weighted by atomic mass is 16.0. The lowest BCUT2D eigenvalue weighted by molar-refractivity contribution is -0.368. The van der Waals surface area contributed by atoms with Crippen LogP contribution in [0.5, 0.6) is 0 Å². The molecule has 2 nitrogen and oxygen atoms in total. The fourth-order valence-corrected chi connectivity index (χ4v) is 1.17. The first-order valence-corrected chi connectivity index (χ1v) is 5.10. The second kappa shape index (κ2) is 12.1. The van der Waals surface area contributed by atoms with Crippen molar-refractivity contribution in [2.75, 3.05) is 6.54 Å². The maximum absolute atomic E-state index is 3.83. The van der Waals surface area contributed by atoms with E-state index in [9.17, 15) is 0 Å². The summed E-state index contributed by atoms with van der Waals surface area (Å²) in [6.45, 7) is 5.15. The Kier molecular flexibility index (Phi) is 13.5. The van der Waals surface area contributed by atoms with Crippen LogP contribution in [0.2, 0.25) is 0 Å². The average Bonchev–Trinajstić information content (AvgIpc) is 2.13. The summed E-state index contributed by atoms with van der Waals surface area (Å²) in [5.41, 5.74) is 5.14. The molecule has 0 bridgehead atoms. The Morgan fingerprint density at radius 2 is 1.64 bits per heavy atom. The molecule has 0 unspecified atom stereocenters. The fourth-order valence-electron chi connectivity index (χ4n) is 1.17. The molecule has 2 heteroatoms. The highest BCUT2D eigenvalue weighted by molar-refractivity contribution is 5.29. The molecule has 82 valence electrons. The standard InChI is InChI=1S/C12H21N.H2O/c1-3-8-12(9-4-2)10-6-5-7-11-13;/h3-4,8-10H,5-7,11,13H2,1-2H3;1H2. The van der Waals surface area contributed by atoms with Crippen molar-refractivity contribution in [2.24, 2.45) is 0 Å². The number of unbranched alkanes of at least 4 members (excludes halogenated alkanes) is 2. The number of quaternary nitrogens is 1. The Morgan fingerprint density at radius 1 is 1.07 bits per heavy atom. The lowest BCUT2D eigenvalue weighted by Gasteiger charge is -1.94. The van der Waals surface area contributed by atoms with Gasteiger partial charge >= 0.3 is 0 Å². The van der Waals surface area contributed by atoms with Crippen molar-refractivity contribution in [3.63, 3.8) is 0 Å². The second-order valence-corrected chi connectivity index (χ2v) is 3.05. The topological polar surface area (TPSA) is 57.6 Å². The largest absolute Gasteiger partial charge is 0.870 e. The molecule has 0 radical (unpaired) electrons. The van der Waals surface area contributed by atoms with Crippen molar-refractivity contribution in [1.82, 2.24) is 0 Å². The van der Waals surface area contributed by atoms with E-state index in [2.05, 4.69) is 36.1 Å². The fraction of sp³-hybridized carbons (Fsp3) is 0.500. The van der Waals surface area contributed by atoms with Crippen LogP contribution in [0.4, 0.5) is 0 Å². The lowest BCUT2D eigenvalue weighted by Crippen LogP contribution is -2.50. The molecule has 0 aromatic carbocycles. The Hall–Kier alpha value is -0.860. The van der Waals surface area contributed by atoms with Gasteiger partial charge in [-0.1, -0.05) is 30.4 Å². The molecule has 0 aliphatic carbocycles. The highest BCUT2D eigenvalue weighted by Crippen LogP contribution is 2.04. The van der Waals surface area contributed by atoms with Crippen molar-refractivity contribution in [3.8, 4) is 0 Å². The third-order valence-electron chi connectivity index (χ3n) is 1.80. The van der Waals surface area contributed by atoms with Crippen molar-refractivity contribution in [3.05, 3.63) is 36.0 Å². The summed E-state index contributed by atoms with van der Waals surface area (Å²) >= 11 is 0. The molecule has 0 heterocycles. The third-order valence-corrected chi connectivity index (χ3v) is 1.80. The third kappa shape index (κ3) is 9.23. The van der Waals surface area contributed by atoms with E-state index in [4.69, 9.17) is 0 Å². The van der Waals surface area contributed by atoms with E-state index in [1.54, 1.807) is 0 Å². The zero-order valence-electron chi connectivity index (χ0n) is 9.37. The average molecular weight is 197 g/mol. The van der Waals surface area contributed by atoms with Crippen LogP contribution in [0, 0.1) is 0 Å². The van der Waals surface area contributed by atoms with Gasteiger partial charge in [-0.15, -0.1) is 0 Å². The Bertz CT molecular complexity index is 178. The monoisotopic (exact) mass is 197 g/mol. The number of rotatable bonds is 6. The van der Waals surface area contributed by atoms with Gasteiger partial charge in [0.1, 0.15) is 0 Å². The SMILES string of the molecule is CC=CC(C=CC)=CCCCC[NH3+].[OH-]. The minimum Gasteiger partial charge on any atom is -0.870 e. The van der Waals surface area contributed by atoms with E-state index in [0.717, 1.165) is 6.54 Å². The van der Waals surface area contributed by atoms with E-state index in [1.165, 1.54) is 24.8 Å². The summed E-state index contributed by atoms with van der Waals surface area (Å²) in [5, 5.41) is 0. The Balaban J connectivity index is 0. The van der Waals surface area contributed by atoms with Crippen LogP contribution in [0.15, 0.2) is 36.0 Å². The molecule has 0 aliphatic heterocycles. The van der Waals surface area contributed by atoms with Crippen LogP contribution >= 0.6 is 0 Å². The Morgan fingerprint density at radius 3 is 2.07 bits per heavy atom. The van der Waals surface area contributed by atoms with Crippen molar-refractivity contribution < 1.29 is 11.2 Å². The first-order valence-electron chi connectivity index (χ1n) is 5.10. The summed E-state index contributed by atoms with van der Waals surface area (Å²) in [4.78, 5) is 0. The zero-order chi connectivity index (χ0) is 9.94. The van der Waals surface area contributed by atoms with Crippen LogP contribution in [-0.2, 0) is 0 Å². The van der Waals surface area contributed by atoms with Gasteiger partial charge in [0, 0.05) is 0 Å².